The van der Waals surface area contributed by atoms with Crippen LogP contribution in [-0.2, 0) is 4.74 Å². The molecule has 1 fully saturated rings. The summed E-state index contributed by atoms with van der Waals surface area (Å²) in [6, 6.07) is 13.4. The maximum absolute atomic E-state index is 12.9. The minimum Gasteiger partial charge on any atom is -0.496 e. The summed E-state index contributed by atoms with van der Waals surface area (Å²) in [4.78, 5) is 12.9. The van der Waals surface area contributed by atoms with Crippen LogP contribution in [0.5, 0.6) is 11.5 Å². The van der Waals surface area contributed by atoms with E-state index in [0.29, 0.717) is 17.1 Å². The molecule has 0 radical (unpaired) electrons. The van der Waals surface area contributed by atoms with Crippen LogP contribution in [0.15, 0.2) is 57.7 Å². The zero-order chi connectivity index (χ0) is 22.1. The number of rotatable bonds is 5. The molecule has 2 aromatic carbocycles. The Morgan fingerprint density at radius 1 is 1.00 bits per heavy atom. The Kier molecular flexibility index (Phi) is 5.94. The second kappa shape index (κ2) is 8.66. The second-order valence-corrected chi connectivity index (χ2v) is 7.15. The molecule has 1 aliphatic rings. The number of benzene rings is 2. The van der Waals surface area contributed by atoms with Gasteiger partial charge in [-0.05, 0) is 0 Å². The third-order valence-corrected chi connectivity index (χ3v) is 5.15. The smallest absolute Gasteiger partial charge is 0.229 e. The third kappa shape index (κ3) is 4.01. The van der Waals surface area contributed by atoms with E-state index in [-0.39, 0.29) is 16.7 Å². The lowest BCUT2D eigenvalue weighted by atomic mass is 9.99. The van der Waals surface area contributed by atoms with Crippen LogP contribution in [0.1, 0.15) is 0 Å². The van der Waals surface area contributed by atoms with Crippen molar-refractivity contribution in [1.29, 1.82) is 0 Å². The first-order chi connectivity index (χ1) is 14.9. The Labute approximate surface area is 176 Å². The van der Waals surface area contributed by atoms with E-state index in [1.54, 1.807) is 12.1 Å². The number of methoxy groups -OCH3 is 1. The van der Waals surface area contributed by atoms with Crippen LogP contribution in [0.4, 0.5) is 0 Å². The van der Waals surface area contributed by atoms with Gasteiger partial charge < -0.3 is 39.1 Å². The number of aliphatic hydroxyl groups is 4. The molecular weight excluding hydrogens is 408 g/mol. The van der Waals surface area contributed by atoms with Gasteiger partial charge in [0, 0.05) is 23.8 Å². The van der Waals surface area contributed by atoms with E-state index in [1.165, 1.54) is 25.3 Å². The van der Waals surface area contributed by atoms with Gasteiger partial charge in [0.05, 0.1) is 13.7 Å². The minimum absolute atomic E-state index is 0.00737. The summed E-state index contributed by atoms with van der Waals surface area (Å²) in [5, 5.41) is 39.7. The molecule has 1 aromatic heterocycles. The van der Waals surface area contributed by atoms with Crippen molar-refractivity contribution in [2.24, 2.45) is 0 Å². The summed E-state index contributed by atoms with van der Waals surface area (Å²) >= 11 is 0. The van der Waals surface area contributed by atoms with Crippen molar-refractivity contribution in [2.45, 2.75) is 30.7 Å². The highest BCUT2D eigenvalue weighted by Crippen LogP contribution is 2.34. The average molecular weight is 430 g/mol. The predicted molar refractivity (Wildman–Crippen MR) is 109 cm³/mol. The molecule has 0 saturated carbocycles. The van der Waals surface area contributed by atoms with Crippen molar-refractivity contribution in [2.75, 3.05) is 13.7 Å². The van der Waals surface area contributed by atoms with Crippen molar-refractivity contribution in [1.82, 2.24) is 0 Å². The Hall–Kier alpha value is -2.95. The maximum atomic E-state index is 12.9. The normalized spacial score (nSPS) is 26.0. The van der Waals surface area contributed by atoms with E-state index >= 15 is 0 Å². The Balaban J connectivity index is 1.78. The van der Waals surface area contributed by atoms with Crippen molar-refractivity contribution in [3.05, 3.63) is 58.8 Å². The number of hydrogen-bond acceptors (Lipinski definition) is 9. The first-order valence-corrected chi connectivity index (χ1v) is 9.61. The van der Waals surface area contributed by atoms with E-state index in [4.69, 9.17) is 18.6 Å². The van der Waals surface area contributed by atoms with Gasteiger partial charge in [0.25, 0.3) is 0 Å². The molecule has 164 valence electrons. The Morgan fingerprint density at radius 2 is 1.74 bits per heavy atom. The quantitative estimate of drug-likeness (QED) is 0.459. The molecule has 0 amide bonds. The summed E-state index contributed by atoms with van der Waals surface area (Å²) < 4.78 is 22.3. The summed E-state index contributed by atoms with van der Waals surface area (Å²) in [6.45, 7) is -0.605. The van der Waals surface area contributed by atoms with Gasteiger partial charge in [-0.3, -0.25) is 4.79 Å². The molecule has 3 aromatic rings. The van der Waals surface area contributed by atoms with E-state index in [0.717, 1.165) is 0 Å². The van der Waals surface area contributed by atoms with Gasteiger partial charge >= 0.3 is 0 Å². The van der Waals surface area contributed by atoms with E-state index in [2.05, 4.69) is 0 Å². The highest BCUT2D eigenvalue weighted by molar-refractivity contribution is 5.86. The third-order valence-electron chi connectivity index (χ3n) is 5.15. The molecule has 9 nitrogen and oxygen atoms in total. The number of hydrogen-bond donors (Lipinski definition) is 4. The average Bonchev–Trinajstić information content (AvgIpc) is 2.79. The summed E-state index contributed by atoms with van der Waals surface area (Å²) in [6.07, 6.45) is -7.38. The lowest BCUT2D eigenvalue weighted by Gasteiger charge is -2.39. The van der Waals surface area contributed by atoms with Gasteiger partial charge in [-0.2, -0.15) is 0 Å². The van der Waals surface area contributed by atoms with Crippen LogP contribution < -0.4 is 14.9 Å². The van der Waals surface area contributed by atoms with Gasteiger partial charge in [-0.1, -0.05) is 30.3 Å². The van der Waals surface area contributed by atoms with Crippen LogP contribution in [0, 0.1) is 0 Å². The molecule has 1 saturated heterocycles. The fraction of sp³-hybridized carbons (Fsp3) is 0.318. The monoisotopic (exact) mass is 430 g/mol. The molecule has 0 spiro atoms. The van der Waals surface area contributed by atoms with Crippen LogP contribution >= 0.6 is 0 Å². The highest BCUT2D eigenvalue weighted by atomic mass is 16.7. The zero-order valence-electron chi connectivity index (χ0n) is 16.5. The van der Waals surface area contributed by atoms with Crippen molar-refractivity contribution in [3.8, 4) is 22.8 Å². The number of aliphatic hydroxyl groups excluding tert-OH is 4. The van der Waals surface area contributed by atoms with Crippen molar-refractivity contribution >= 4 is 11.0 Å². The first kappa shape index (κ1) is 21.3. The lowest BCUT2D eigenvalue weighted by molar-refractivity contribution is -0.277. The fourth-order valence-electron chi connectivity index (χ4n) is 3.47. The van der Waals surface area contributed by atoms with Crippen molar-refractivity contribution in [3.63, 3.8) is 0 Å². The van der Waals surface area contributed by atoms with E-state index in [9.17, 15) is 25.2 Å². The standard InChI is InChI=1S/C22H22O9/c1-28-12-7-15-18(13(24)9-14(29-15)11-5-3-2-4-6-11)16(8-12)30-22-21(27)20(26)19(25)17(10-23)31-22/h2-9,17,19-23,25-27H,10H2,1H3. The molecule has 0 aliphatic carbocycles. The predicted octanol–water partition coefficient (Wildman–Crippen LogP) is 0.647. The number of ether oxygens (including phenoxy) is 3. The molecule has 9 heteroatoms. The molecule has 4 rings (SSSR count). The van der Waals surface area contributed by atoms with Crippen LogP contribution in [0.25, 0.3) is 22.3 Å². The van der Waals surface area contributed by atoms with Gasteiger partial charge in [0.2, 0.25) is 6.29 Å². The van der Waals surface area contributed by atoms with Gasteiger partial charge in [-0.25, -0.2) is 0 Å². The molecular formula is C22H22O9. The summed E-state index contributed by atoms with van der Waals surface area (Å²) in [5.41, 5.74) is 0.494. The van der Waals surface area contributed by atoms with Crippen LogP contribution in [0.3, 0.4) is 0 Å². The molecule has 5 atom stereocenters. The van der Waals surface area contributed by atoms with Crippen LogP contribution in [-0.4, -0.2) is 64.8 Å². The highest BCUT2D eigenvalue weighted by Gasteiger charge is 2.45. The summed E-state index contributed by atoms with van der Waals surface area (Å²) in [5.74, 6) is 0.664. The summed E-state index contributed by atoms with van der Waals surface area (Å²) in [7, 11) is 1.43. The van der Waals surface area contributed by atoms with E-state index < -0.39 is 42.7 Å². The minimum atomic E-state index is -1.63. The largest absolute Gasteiger partial charge is 0.496 e. The topological polar surface area (TPSA) is 139 Å². The second-order valence-electron chi connectivity index (χ2n) is 7.15. The van der Waals surface area contributed by atoms with Gasteiger partial charge in [-0.15, -0.1) is 0 Å². The van der Waals surface area contributed by atoms with Crippen molar-refractivity contribution < 1.29 is 39.1 Å². The van der Waals surface area contributed by atoms with E-state index in [1.807, 2.05) is 18.2 Å². The Morgan fingerprint density at radius 3 is 2.42 bits per heavy atom. The SMILES string of the molecule is COc1cc(OC2OC(CO)C(O)C(O)C2O)c2c(=O)cc(-c3ccccc3)oc2c1. The molecule has 31 heavy (non-hydrogen) atoms. The zero-order valence-corrected chi connectivity index (χ0v) is 16.5. The lowest BCUT2D eigenvalue weighted by Crippen LogP contribution is -2.60. The number of fused-ring (bicyclic) bond motifs is 1. The maximum Gasteiger partial charge on any atom is 0.229 e. The molecule has 2 heterocycles. The molecule has 4 N–H and O–H groups in total. The van der Waals surface area contributed by atoms with Gasteiger partial charge in [0.1, 0.15) is 52.6 Å². The molecule has 1 aliphatic heterocycles. The molecule has 0 bridgehead atoms. The van der Waals surface area contributed by atoms with Crippen LogP contribution in [0.2, 0.25) is 0 Å². The Bertz CT molecular complexity index is 1110. The molecule has 5 unspecified atom stereocenters. The fourth-order valence-corrected chi connectivity index (χ4v) is 3.47. The van der Waals surface area contributed by atoms with Gasteiger partial charge in [0.15, 0.2) is 5.43 Å². The first-order valence-electron chi connectivity index (χ1n) is 9.61.